The first kappa shape index (κ1) is 7.76. The molecule has 1 heterocycles. The van der Waals surface area contributed by atoms with Crippen molar-refractivity contribution in [3.8, 4) is 0 Å². The Morgan fingerprint density at radius 3 is 2.90 bits per heavy atom. The summed E-state index contributed by atoms with van der Waals surface area (Å²) in [5.74, 6) is 0. The first-order valence-electron chi connectivity index (χ1n) is 2.86. The van der Waals surface area contributed by atoms with Crippen LogP contribution in [-0.4, -0.2) is 6.29 Å². The van der Waals surface area contributed by atoms with Crippen molar-refractivity contribution in [1.82, 2.24) is 0 Å². The molecule has 1 unspecified atom stereocenters. The molecule has 54 valence electrons. The standard InChI is InChI=1S/C7H7ClOS/c1-7(8,5-9)6-3-2-4-10-6/h2-5H,1H3. The van der Waals surface area contributed by atoms with Gasteiger partial charge in [-0.25, -0.2) is 0 Å². The summed E-state index contributed by atoms with van der Waals surface area (Å²) in [5, 5.41) is 1.90. The zero-order chi connectivity index (χ0) is 7.61. The number of rotatable bonds is 2. The summed E-state index contributed by atoms with van der Waals surface area (Å²) < 4.78 is 0. The van der Waals surface area contributed by atoms with Crippen LogP contribution < -0.4 is 0 Å². The summed E-state index contributed by atoms with van der Waals surface area (Å²) in [5.41, 5.74) is 0. The highest BCUT2D eigenvalue weighted by molar-refractivity contribution is 7.10. The largest absolute Gasteiger partial charge is 0.301 e. The zero-order valence-corrected chi connectivity index (χ0v) is 7.08. The molecule has 0 radical (unpaired) electrons. The number of hydrogen-bond donors (Lipinski definition) is 0. The van der Waals surface area contributed by atoms with E-state index in [-0.39, 0.29) is 0 Å². The normalized spacial score (nSPS) is 16.2. The van der Waals surface area contributed by atoms with Crippen molar-refractivity contribution >= 4 is 29.2 Å². The van der Waals surface area contributed by atoms with Gasteiger partial charge in [-0.2, -0.15) is 0 Å². The smallest absolute Gasteiger partial charge is 0.145 e. The van der Waals surface area contributed by atoms with E-state index >= 15 is 0 Å². The molecule has 1 rings (SSSR count). The first-order valence-corrected chi connectivity index (χ1v) is 4.12. The van der Waals surface area contributed by atoms with Crippen LogP contribution in [0.4, 0.5) is 0 Å². The maximum atomic E-state index is 10.4. The molecule has 0 N–H and O–H groups in total. The molecule has 0 saturated carbocycles. The van der Waals surface area contributed by atoms with Crippen molar-refractivity contribution in [2.45, 2.75) is 11.8 Å². The van der Waals surface area contributed by atoms with Crippen molar-refractivity contribution < 1.29 is 4.79 Å². The number of alkyl halides is 1. The Balaban J connectivity index is 2.95. The summed E-state index contributed by atoms with van der Waals surface area (Å²) in [6, 6.07) is 3.73. The zero-order valence-electron chi connectivity index (χ0n) is 5.50. The maximum absolute atomic E-state index is 10.4. The van der Waals surface area contributed by atoms with E-state index in [0.717, 1.165) is 11.2 Å². The first-order chi connectivity index (χ1) is 4.67. The number of carbonyl (C=O) groups is 1. The Bertz CT molecular complexity index is 216. The average Bonchev–Trinajstić information content (AvgIpc) is 2.38. The van der Waals surface area contributed by atoms with Crippen LogP contribution in [0.3, 0.4) is 0 Å². The van der Waals surface area contributed by atoms with Crippen molar-refractivity contribution in [3.63, 3.8) is 0 Å². The fraction of sp³-hybridized carbons (Fsp3) is 0.286. The van der Waals surface area contributed by atoms with Gasteiger partial charge in [0.15, 0.2) is 0 Å². The number of aldehydes is 1. The van der Waals surface area contributed by atoms with Gasteiger partial charge in [0, 0.05) is 4.88 Å². The topological polar surface area (TPSA) is 17.1 Å². The predicted octanol–water partition coefficient (Wildman–Crippen LogP) is 2.40. The van der Waals surface area contributed by atoms with E-state index in [1.165, 1.54) is 11.3 Å². The van der Waals surface area contributed by atoms with Crippen molar-refractivity contribution in [2.24, 2.45) is 0 Å². The Morgan fingerprint density at radius 2 is 2.50 bits per heavy atom. The number of hydrogen-bond acceptors (Lipinski definition) is 2. The molecule has 10 heavy (non-hydrogen) atoms. The van der Waals surface area contributed by atoms with Crippen LogP contribution in [0, 0.1) is 0 Å². The van der Waals surface area contributed by atoms with E-state index < -0.39 is 4.87 Å². The van der Waals surface area contributed by atoms with E-state index in [9.17, 15) is 4.79 Å². The molecule has 0 aromatic carbocycles. The van der Waals surface area contributed by atoms with Crippen molar-refractivity contribution in [3.05, 3.63) is 22.4 Å². The molecular weight excluding hydrogens is 168 g/mol. The lowest BCUT2D eigenvalue weighted by molar-refractivity contribution is -0.109. The Morgan fingerprint density at radius 1 is 1.80 bits per heavy atom. The minimum absolute atomic E-state index is 0.750. The number of halogens is 1. The maximum Gasteiger partial charge on any atom is 0.145 e. The second-order valence-corrected chi connectivity index (χ2v) is 3.90. The number of carbonyl (C=O) groups excluding carboxylic acids is 1. The van der Waals surface area contributed by atoms with Crippen LogP contribution in [0.2, 0.25) is 0 Å². The fourth-order valence-electron chi connectivity index (χ4n) is 0.615. The second-order valence-electron chi connectivity index (χ2n) is 2.17. The molecule has 0 bridgehead atoms. The van der Waals surface area contributed by atoms with Crippen molar-refractivity contribution in [2.75, 3.05) is 0 Å². The summed E-state index contributed by atoms with van der Waals surface area (Å²) in [7, 11) is 0. The molecule has 0 spiro atoms. The van der Waals surface area contributed by atoms with E-state index in [4.69, 9.17) is 11.6 Å². The summed E-state index contributed by atoms with van der Waals surface area (Å²) in [6.45, 7) is 1.69. The lowest BCUT2D eigenvalue weighted by atomic mass is 10.1. The molecule has 0 aliphatic rings. The van der Waals surface area contributed by atoms with Gasteiger partial charge < -0.3 is 4.79 Å². The van der Waals surface area contributed by atoms with Crippen LogP contribution in [0.15, 0.2) is 17.5 Å². The van der Waals surface area contributed by atoms with Gasteiger partial charge in [0.2, 0.25) is 0 Å². The van der Waals surface area contributed by atoms with Gasteiger partial charge in [0.05, 0.1) is 0 Å². The molecule has 3 heteroatoms. The summed E-state index contributed by atoms with van der Waals surface area (Å²) in [6.07, 6.45) is 0.750. The lowest BCUT2D eigenvalue weighted by Crippen LogP contribution is -2.12. The van der Waals surface area contributed by atoms with E-state index in [2.05, 4.69) is 0 Å². The molecule has 0 fully saturated rings. The third-order valence-corrected chi connectivity index (χ3v) is 2.74. The molecule has 0 saturated heterocycles. The van der Waals surface area contributed by atoms with Gasteiger partial charge in [-0.15, -0.1) is 22.9 Å². The van der Waals surface area contributed by atoms with Gasteiger partial charge in [-0.05, 0) is 18.4 Å². The van der Waals surface area contributed by atoms with Crippen molar-refractivity contribution in [1.29, 1.82) is 0 Å². The van der Waals surface area contributed by atoms with Crippen LogP contribution in [0.1, 0.15) is 11.8 Å². The minimum atomic E-state index is -0.825. The van der Waals surface area contributed by atoms with Gasteiger partial charge >= 0.3 is 0 Å². The molecule has 1 aromatic rings. The van der Waals surface area contributed by atoms with E-state index in [1.54, 1.807) is 6.92 Å². The Kier molecular flexibility index (Phi) is 2.11. The van der Waals surface area contributed by atoms with Gasteiger partial charge in [-0.1, -0.05) is 6.07 Å². The molecule has 0 aliphatic carbocycles. The highest BCUT2D eigenvalue weighted by atomic mass is 35.5. The number of thiophene rings is 1. The third kappa shape index (κ3) is 1.39. The van der Waals surface area contributed by atoms with E-state index in [1.807, 2.05) is 17.5 Å². The highest BCUT2D eigenvalue weighted by Crippen LogP contribution is 2.29. The van der Waals surface area contributed by atoms with Crippen LogP contribution in [0.5, 0.6) is 0 Å². The lowest BCUT2D eigenvalue weighted by Gasteiger charge is -2.09. The molecular formula is C7H7ClOS. The van der Waals surface area contributed by atoms with E-state index in [0.29, 0.717) is 0 Å². The SMILES string of the molecule is CC(Cl)(C=O)c1cccs1. The van der Waals surface area contributed by atoms with Gasteiger partial charge in [-0.3, -0.25) is 0 Å². The van der Waals surface area contributed by atoms with Crippen LogP contribution >= 0.6 is 22.9 Å². The highest BCUT2D eigenvalue weighted by Gasteiger charge is 2.22. The average molecular weight is 175 g/mol. The predicted molar refractivity (Wildman–Crippen MR) is 43.6 cm³/mol. The Labute approximate surface area is 68.6 Å². The molecule has 1 nitrogen and oxygen atoms in total. The molecule has 0 aliphatic heterocycles. The summed E-state index contributed by atoms with van der Waals surface area (Å²) >= 11 is 7.32. The second kappa shape index (κ2) is 2.72. The summed E-state index contributed by atoms with van der Waals surface area (Å²) in [4.78, 5) is 10.5. The third-order valence-electron chi connectivity index (χ3n) is 1.22. The molecule has 0 amide bonds. The van der Waals surface area contributed by atoms with Crippen LogP contribution in [-0.2, 0) is 9.67 Å². The van der Waals surface area contributed by atoms with Gasteiger partial charge in [0.1, 0.15) is 11.2 Å². The monoisotopic (exact) mass is 174 g/mol. The molecule has 1 aromatic heterocycles. The van der Waals surface area contributed by atoms with Gasteiger partial charge in [0.25, 0.3) is 0 Å². The Hall–Kier alpha value is -0.340. The minimum Gasteiger partial charge on any atom is -0.301 e. The molecule has 1 atom stereocenters. The fourth-order valence-corrected chi connectivity index (χ4v) is 1.55. The quantitative estimate of drug-likeness (QED) is 0.497. The van der Waals surface area contributed by atoms with Crippen LogP contribution in [0.25, 0.3) is 0 Å².